The van der Waals surface area contributed by atoms with Crippen molar-refractivity contribution in [3.05, 3.63) is 75.9 Å². The molecule has 0 saturated heterocycles. The zero-order chi connectivity index (χ0) is 21.8. The Balaban J connectivity index is 1.64. The van der Waals surface area contributed by atoms with Crippen LogP contribution < -0.4 is 14.8 Å². The number of methoxy groups -OCH3 is 2. The summed E-state index contributed by atoms with van der Waals surface area (Å²) >= 11 is 2.14. The second kappa shape index (κ2) is 9.17. The van der Waals surface area contributed by atoms with E-state index >= 15 is 0 Å². The summed E-state index contributed by atoms with van der Waals surface area (Å²) in [5, 5.41) is 7.03. The van der Waals surface area contributed by atoms with E-state index in [9.17, 15) is 4.79 Å². The van der Waals surface area contributed by atoms with Gasteiger partial charge in [-0.3, -0.25) is 4.79 Å². The molecule has 1 heterocycles. The predicted molar refractivity (Wildman–Crippen MR) is 125 cm³/mol. The monoisotopic (exact) mass is 527 g/mol. The molecule has 0 spiro atoms. The highest BCUT2D eigenvalue weighted by Gasteiger charge is 2.18. The smallest absolute Gasteiger partial charge is 0.260 e. The number of rotatable bonds is 6. The molecule has 1 aromatic heterocycles. The summed E-state index contributed by atoms with van der Waals surface area (Å²) in [7, 11) is 3.14. The SMILES string of the molecule is COc1ccc(-c2noc(-c3ccccc3NC(=O)c3ccccc3I)n2)cc1OC. The van der Waals surface area contributed by atoms with E-state index in [1.165, 1.54) is 0 Å². The number of nitrogens with one attached hydrogen (secondary N) is 1. The Hall–Kier alpha value is -3.40. The number of carbonyl (C=O) groups is 1. The van der Waals surface area contributed by atoms with Gasteiger partial charge in [-0.1, -0.05) is 29.4 Å². The maximum Gasteiger partial charge on any atom is 0.260 e. The van der Waals surface area contributed by atoms with Gasteiger partial charge >= 0.3 is 0 Å². The van der Waals surface area contributed by atoms with Gasteiger partial charge in [0.25, 0.3) is 11.8 Å². The molecule has 0 radical (unpaired) electrons. The number of amides is 1. The molecule has 0 aliphatic heterocycles. The normalized spacial score (nSPS) is 10.5. The highest BCUT2D eigenvalue weighted by molar-refractivity contribution is 14.1. The van der Waals surface area contributed by atoms with Gasteiger partial charge in [0.1, 0.15) is 0 Å². The zero-order valence-electron chi connectivity index (χ0n) is 16.8. The van der Waals surface area contributed by atoms with Crippen molar-refractivity contribution in [3.63, 3.8) is 0 Å². The molecule has 3 aromatic carbocycles. The summed E-state index contributed by atoms with van der Waals surface area (Å²) < 4.78 is 17.0. The van der Waals surface area contributed by atoms with Crippen molar-refractivity contribution in [2.75, 3.05) is 19.5 Å². The van der Waals surface area contributed by atoms with Crippen LogP contribution in [-0.2, 0) is 0 Å². The van der Waals surface area contributed by atoms with Crippen molar-refractivity contribution in [1.82, 2.24) is 10.1 Å². The summed E-state index contributed by atoms with van der Waals surface area (Å²) in [4.78, 5) is 17.3. The summed E-state index contributed by atoms with van der Waals surface area (Å²) in [5.74, 6) is 1.66. The van der Waals surface area contributed by atoms with Crippen LogP contribution in [0.15, 0.2) is 71.3 Å². The van der Waals surface area contributed by atoms with Gasteiger partial charge < -0.3 is 19.3 Å². The molecule has 31 heavy (non-hydrogen) atoms. The maximum absolute atomic E-state index is 12.8. The van der Waals surface area contributed by atoms with E-state index in [-0.39, 0.29) is 5.91 Å². The van der Waals surface area contributed by atoms with Gasteiger partial charge in [-0.2, -0.15) is 4.98 Å². The van der Waals surface area contributed by atoms with Gasteiger partial charge in [-0.05, 0) is 65.1 Å². The number of halogens is 1. The number of benzene rings is 3. The number of ether oxygens (including phenoxy) is 2. The standard InChI is InChI=1S/C23H18IN3O4/c1-29-19-12-11-14(13-20(19)30-2)21-26-23(31-27-21)16-8-4-6-10-18(16)25-22(28)15-7-3-5-9-17(15)24/h3-13H,1-2H3,(H,25,28). The molecule has 0 fully saturated rings. The highest BCUT2D eigenvalue weighted by Crippen LogP contribution is 2.33. The molecule has 4 aromatic rings. The number of anilines is 1. The fraction of sp³-hybridized carbons (Fsp3) is 0.0870. The number of hydrogen-bond acceptors (Lipinski definition) is 6. The molecule has 0 unspecified atom stereocenters. The summed E-state index contributed by atoms with van der Waals surface area (Å²) in [6.07, 6.45) is 0. The molecule has 0 saturated carbocycles. The predicted octanol–water partition coefficient (Wildman–Crippen LogP) is 5.28. The number of carbonyl (C=O) groups excluding carboxylic acids is 1. The minimum Gasteiger partial charge on any atom is -0.493 e. The molecule has 7 nitrogen and oxygen atoms in total. The number of nitrogens with zero attached hydrogens (tertiary/aromatic N) is 2. The van der Waals surface area contributed by atoms with Crippen LogP contribution >= 0.6 is 22.6 Å². The Morgan fingerprint density at radius 2 is 1.71 bits per heavy atom. The van der Waals surface area contributed by atoms with Crippen LogP contribution in [0, 0.1) is 3.57 Å². The van der Waals surface area contributed by atoms with Crippen LogP contribution in [0.2, 0.25) is 0 Å². The summed E-state index contributed by atoms with van der Waals surface area (Å²) in [6, 6.07) is 20.0. The van der Waals surface area contributed by atoms with Crippen molar-refractivity contribution in [2.24, 2.45) is 0 Å². The van der Waals surface area contributed by atoms with E-state index in [4.69, 9.17) is 14.0 Å². The van der Waals surface area contributed by atoms with Crippen LogP contribution in [0.3, 0.4) is 0 Å². The molecular weight excluding hydrogens is 509 g/mol. The molecule has 1 N–H and O–H groups in total. The topological polar surface area (TPSA) is 86.5 Å². The van der Waals surface area contributed by atoms with Crippen molar-refractivity contribution in [1.29, 1.82) is 0 Å². The first-order valence-electron chi connectivity index (χ1n) is 9.32. The minimum absolute atomic E-state index is 0.211. The molecule has 156 valence electrons. The number of aromatic nitrogens is 2. The Labute approximate surface area is 192 Å². The van der Waals surface area contributed by atoms with Gasteiger partial charge in [0, 0.05) is 9.13 Å². The second-order valence-corrected chi connectivity index (χ2v) is 7.63. The number of para-hydroxylation sites is 1. The van der Waals surface area contributed by atoms with E-state index in [2.05, 4.69) is 38.0 Å². The van der Waals surface area contributed by atoms with Crippen molar-refractivity contribution in [2.45, 2.75) is 0 Å². The fourth-order valence-electron chi connectivity index (χ4n) is 3.04. The second-order valence-electron chi connectivity index (χ2n) is 6.47. The lowest BCUT2D eigenvalue weighted by atomic mass is 10.1. The average Bonchev–Trinajstić information content (AvgIpc) is 3.29. The molecule has 4 rings (SSSR count). The Morgan fingerprint density at radius 3 is 2.48 bits per heavy atom. The third-order valence-electron chi connectivity index (χ3n) is 4.59. The van der Waals surface area contributed by atoms with Gasteiger partial charge in [-0.15, -0.1) is 0 Å². The Kier molecular flexibility index (Phi) is 6.17. The largest absolute Gasteiger partial charge is 0.493 e. The Bertz CT molecular complexity index is 1240. The number of hydrogen-bond donors (Lipinski definition) is 1. The average molecular weight is 527 g/mol. The quantitative estimate of drug-likeness (QED) is 0.344. The summed E-state index contributed by atoms with van der Waals surface area (Å²) in [6.45, 7) is 0. The lowest BCUT2D eigenvalue weighted by molar-refractivity contribution is 0.102. The van der Waals surface area contributed by atoms with Gasteiger partial charge in [0.15, 0.2) is 11.5 Å². The van der Waals surface area contributed by atoms with Crippen LogP contribution in [-0.4, -0.2) is 30.3 Å². The van der Waals surface area contributed by atoms with Crippen molar-refractivity contribution in [3.8, 4) is 34.3 Å². The van der Waals surface area contributed by atoms with E-state index in [0.29, 0.717) is 45.6 Å². The third-order valence-corrected chi connectivity index (χ3v) is 5.53. The van der Waals surface area contributed by atoms with Gasteiger partial charge in [-0.25, -0.2) is 0 Å². The van der Waals surface area contributed by atoms with Crippen LogP contribution in [0.5, 0.6) is 11.5 Å². The molecule has 8 heteroatoms. The fourth-order valence-corrected chi connectivity index (χ4v) is 3.67. The van der Waals surface area contributed by atoms with E-state index < -0.39 is 0 Å². The lowest BCUT2D eigenvalue weighted by Gasteiger charge is -2.09. The van der Waals surface area contributed by atoms with Crippen molar-refractivity contribution >= 4 is 34.2 Å². The van der Waals surface area contributed by atoms with Crippen LogP contribution in [0.4, 0.5) is 5.69 Å². The van der Waals surface area contributed by atoms with E-state index in [1.54, 1.807) is 38.5 Å². The maximum atomic E-state index is 12.8. The lowest BCUT2D eigenvalue weighted by Crippen LogP contribution is -2.14. The molecule has 1 amide bonds. The van der Waals surface area contributed by atoms with E-state index in [1.807, 2.05) is 42.5 Å². The van der Waals surface area contributed by atoms with Gasteiger partial charge in [0.2, 0.25) is 5.82 Å². The molecule has 0 aliphatic carbocycles. The Morgan fingerprint density at radius 1 is 0.968 bits per heavy atom. The summed E-state index contributed by atoms with van der Waals surface area (Å²) in [5.41, 5.74) is 2.51. The molecule has 0 atom stereocenters. The van der Waals surface area contributed by atoms with Crippen LogP contribution in [0.1, 0.15) is 10.4 Å². The van der Waals surface area contributed by atoms with Crippen molar-refractivity contribution < 1.29 is 18.8 Å². The molecular formula is C23H18IN3O4. The first-order valence-corrected chi connectivity index (χ1v) is 10.4. The van der Waals surface area contributed by atoms with Crippen LogP contribution in [0.25, 0.3) is 22.8 Å². The first kappa shape index (κ1) is 20.9. The third kappa shape index (κ3) is 4.38. The molecule has 0 aliphatic rings. The first-order chi connectivity index (χ1) is 15.1. The minimum atomic E-state index is -0.211. The van der Waals surface area contributed by atoms with E-state index in [0.717, 1.165) is 3.57 Å². The van der Waals surface area contributed by atoms with Gasteiger partial charge in [0.05, 0.1) is 31.0 Å². The molecule has 0 bridgehead atoms. The highest BCUT2D eigenvalue weighted by atomic mass is 127. The zero-order valence-corrected chi connectivity index (χ0v) is 18.9.